The Kier molecular flexibility index (Phi) is 3.96. The summed E-state index contributed by atoms with van der Waals surface area (Å²) in [5, 5.41) is 13.7. The first-order valence-electron chi connectivity index (χ1n) is 5.14. The van der Waals surface area contributed by atoms with Crippen molar-refractivity contribution in [3.05, 3.63) is 11.8 Å². The highest BCUT2D eigenvalue weighted by Gasteiger charge is 2.30. The molecule has 0 unspecified atom stereocenters. The molecule has 0 aliphatic rings. The van der Waals surface area contributed by atoms with Gasteiger partial charge in [-0.3, -0.25) is 9.89 Å². The van der Waals surface area contributed by atoms with Gasteiger partial charge in [0.25, 0.3) is 10.0 Å². The quantitative estimate of drug-likeness (QED) is 0.521. The molecule has 0 fully saturated rings. The molecule has 1 aromatic heterocycles. The number of hydrogen-bond donors (Lipinski definition) is 4. The number of carboxylic acid groups (broad SMARTS) is 1. The molecule has 1 aromatic rings. The summed E-state index contributed by atoms with van der Waals surface area (Å²) in [7, 11) is -4.12. The highest BCUT2D eigenvalue weighted by Crippen LogP contribution is 2.16. The average molecular weight is 290 g/mol. The van der Waals surface area contributed by atoms with E-state index < -0.39 is 37.9 Å². The second kappa shape index (κ2) is 4.97. The first-order valence-corrected chi connectivity index (χ1v) is 6.62. The summed E-state index contributed by atoms with van der Waals surface area (Å²) in [6.07, 6.45) is 0.885. The molecule has 0 aliphatic heterocycles. The van der Waals surface area contributed by atoms with E-state index in [1.54, 1.807) is 0 Å². The van der Waals surface area contributed by atoms with E-state index in [1.165, 1.54) is 13.8 Å². The third kappa shape index (κ3) is 3.29. The predicted octanol–water partition coefficient (Wildman–Crippen LogP) is -1.10. The number of nitrogens with two attached hydrogens (primary N) is 1. The normalized spacial score (nSPS) is 12.3. The fourth-order valence-electron chi connectivity index (χ4n) is 1.07. The van der Waals surface area contributed by atoms with Crippen molar-refractivity contribution in [2.45, 2.75) is 18.9 Å². The lowest BCUT2D eigenvalue weighted by molar-refractivity contribution is -0.125. The highest BCUT2D eigenvalue weighted by atomic mass is 32.2. The second-order valence-corrected chi connectivity index (χ2v) is 6.19. The molecule has 9 nitrogen and oxygen atoms in total. The van der Waals surface area contributed by atoms with E-state index in [-0.39, 0.29) is 6.54 Å². The largest absolute Gasteiger partial charge is 0.478 e. The lowest BCUT2D eigenvalue weighted by atomic mass is 9.93. The zero-order valence-electron chi connectivity index (χ0n) is 10.3. The van der Waals surface area contributed by atoms with Gasteiger partial charge in [-0.05, 0) is 13.8 Å². The standard InChI is InChI=1S/C9H14N4O5S/c1-9(2,8(10)16)4-12-19(17,18)6-5(7(14)15)3-11-13-6/h3,12H,4H2,1-2H3,(H2,10,16)(H,11,13)(H,14,15). The second-order valence-electron chi connectivity index (χ2n) is 4.49. The molecule has 5 N–H and O–H groups in total. The number of sulfonamides is 1. The van der Waals surface area contributed by atoms with Gasteiger partial charge in [-0.25, -0.2) is 17.9 Å². The van der Waals surface area contributed by atoms with Gasteiger partial charge in [0, 0.05) is 6.54 Å². The van der Waals surface area contributed by atoms with Gasteiger partial charge >= 0.3 is 5.97 Å². The van der Waals surface area contributed by atoms with E-state index in [4.69, 9.17) is 10.8 Å². The Morgan fingerprint density at radius 2 is 2.11 bits per heavy atom. The summed E-state index contributed by atoms with van der Waals surface area (Å²) in [5.41, 5.74) is 3.53. The van der Waals surface area contributed by atoms with Crippen LogP contribution in [0.1, 0.15) is 24.2 Å². The van der Waals surface area contributed by atoms with Gasteiger partial charge in [0.2, 0.25) is 5.91 Å². The number of hydrogen-bond acceptors (Lipinski definition) is 5. The number of carbonyl (C=O) groups is 2. The molecule has 0 saturated heterocycles. The highest BCUT2D eigenvalue weighted by molar-refractivity contribution is 7.89. The van der Waals surface area contributed by atoms with E-state index in [2.05, 4.69) is 14.9 Å². The van der Waals surface area contributed by atoms with Crippen LogP contribution in [0.2, 0.25) is 0 Å². The summed E-state index contributed by atoms with van der Waals surface area (Å²) < 4.78 is 25.9. The van der Waals surface area contributed by atoms with Gasteiger partial charge in [-0.1, -0.05) is 0 Å². The number of aromatic nitrogens is 2. The fraction of sp³-hybridized carbons (Fsp3) is 0.444. The van der Waals surface area contributed by atoms with E-state index in [1.807, 2.05) is 0 Å². The number of aromatic amines is 1. The van der Waals surface area contributed by atoms with E-state index in [9.17, 15) is 18.0 Å². The Balaban J connectivity index is 2.97. The minimum Gasteiger partial charge on any atom is -0.478 e. The molecule has 19 heavy (non-hydrogen) atoms. The molecular formula is C9H14N4O5S. The van der Waals surface area contributed by atoms with Crippen LogP contribution in [0.4, 0.5) is 0 Å². The van der Waals surface area contributed by atoms with Crippen molar-refractivity contribution in [3.63, 3.8) is 0 Å². The van der Waals surface area contributed by atoms with Gasteiger partial charge < -0.3 is 10.8 Å². The van der Waals surface area contributed by atoms with Gasteiger partial charge in [0.15, 0.2) is 5.03 Å². The van der Waals surface area contributed by atoms with Crippen LogP contribution in [0.5, 0.6) is 0 Å². The number of H-pyrrole nitrogens is 1. The molecule has 10 heteroatoms. The third-order valence-electron chi connectivity index (χ3n) is 2.47. The number of primary amides is 1. The molecular weight excluding hydrogens is 276 g/mol. The summed E-state index contributed by atoms with van der Waals surface area (Å²) in [6, 6.07) is 0. The number of nitrogens with zero attached hydrogens (tertiary/aromatic N) is 1. The summed E-state index contributed by atoms with van der Waals surface area (Å²) in [4.78, 5) is 21.9. The van der Waals surface area contributed by atoms with E-state index in [0.717, 1.165) is 6.20 Å². The van der Waals surface area contributed by atoms with Crippen LogP contribution in [0.3, 0.4) is 0 Å². The Bertz CT molecular complexity index is 604. The van der Waals surface area contributed by atoms with Gasteiger partial charge in [-0.2, -0.15) is 5.10 Å². The molecule has 1 rings (SSSR count). The molecule has 0 bridgehead atoms. The first-order chi connectivity index (χ1) is 8.58. The predicted molar refractivity (Wildman–Crippen MR) is 63.7 cm³/mol. The lowest BCUT2D eigenvalue weighted by Crippen LogP contribution is -2.42. The smallest absolute Gasteiger partial charge is 0.340 e. The maximum atomic E-state index is 11.9. The Morgan fingerprint density at radius 1 is 1.53 bits per heavy atom. The van der Waals surface area contributed by atoms with Crippen molar-refractivity contribution in [1.82, 2.24) is 14.9 Å². The van der Waals surface area contributed by atoms with Gasteiger partial charge in [0.05, 0.1) is 11.6 Å². The van der Waals surface area contributed by atoms with Crippen LogP contribution in [-0.2, 0) is 14.8 Å². The van der Waals surface area contributed by atoms with Crippen molar-refractivity contribution < 1.29 is 23.1 Å². The molecule has 1 heterocycles. The third-order valence-corrected chi connectivity index (χ3v) is 3.85. The summed E-state index contributed by atoms with van der Waals surface area (Å²) >= 11 is 0. The molecule has 0 radical (unpaired) electrons. The molecule has 0 spiro atoms. The molecule has 0 saturated carbocycles. The van der Waals surface area contributed by atoms with Crippen LogP contribution in [0, 0.1) is 5.41 Å². The van der Waals surface area contributed by atoms with Crippen LogP contribution >= 0.6 is 0 Å². The first kappa shape index (κ1) is 15.1. The molecule has 0 aliphatic carbocycles. The van der Waals surface area contributed by atoms with Crippen molar-refractivity contribution in [2.75, 3.05) is 6.54 Å². The maximum absolute atomic E-state index is 11.9. The molecule has 1 amide bonds. The molecule has 0 atom stereocenters. The Morgan fingerprint density at radius 3 is 2.58 bits per heavy atom. The van der Waals surface area contributed by atoms with Gasteiger partial charge in [0.1, 0.15) is 5.56 Å². The number of amides is 1. The average Bonchev–Trinajstić information content (AvgIpc) is 2.76. The van der Waals surface area contributed by atoms with Crippen LogP contribution in [-0.4, -0.2) is 42.1 Å². The Labute approximate surface area is 109 Å². The minimum atomic E-state index is -4.12. The van der Waals surface area contributed by atoms with E-state index >= 15 is 0 Å². The van der Waals surface area contributed by atoms with Gasteiger partial charge in [-0.15, -0.1) is 0 Å². The zero-order valence-corrected chi connectivity index (χ0v) is 11.1. The lowest BCUT2D eigenvalue weighted by Gasteiger charge is -2.20. The SMILES string of the molecule is CC(C)(CNS(=O)(=O)c1[nH]ncc1C(=O)O)C(N)=O. The Hall–Kier alpha value is -1.94. The maximum Gasteiger partial charge on any atom is 0.340 e. The van der Waals surface area contributed by atoms with Crippen LogP contribution in [0.25, 0.3) is 0 Å². The van der Waals surface area contributed by atoms with Crippen molar-refractivity contribution in [3.8, 4) is 0 Å². The number of carbonyl (C=O) groups excluding carboxylic acids is 1. The van der Waals surface area contributed by atoms with Crippen molar-refractivity contribution in [2.24, 2.45) is 11.1 Å². The van der Waals surface area contributed by atoms with Crippen molar-refractivity contribution in [1.29, 1.82) is 0 Å². The molecule has 106 valence electrons. The topological polar surface area (TPSA) is 155 Å². The number of nitrogens with one attached hydrogen (secondary N) is 2. The number of rotatable bonds is 6. The summed E-state index contributed by atoms with van der Waals surface area (Å²) in [6.45, 7) is 2.66. The molecule has 0 aromatic carbocycles. The zero-order chi connectivity index (χ0) is 14.8. The monoisotopic (exact) mass is 290 g/mol. The minimum absolute atomic E-state index is 0.261. The van der Waals surface area contributed by atoms with Crippen molar-refractivity contribution >= 4 is 21.9 Å². The summed E-state index contributed by atoms with van der Waals surface area (Å²) in [5.74, 6) is -2.11. The fourth-order valence-corrected chi connectivity index (χ4v) is 2.36. The van der Waals surface area contributed by atoms with E-state index in [0.29, 0.717) is 0 Å². The number of aromatic carboxylic acids is 1. The number of carboxylic acids is 1. The van der Waals surface area contributed by atoms with Crippen LogP contribution < -0.4 is 10.5 Å². The van der Waals surface area contributed by atoms with Crippen LogP contribution in [0.15, 0.2) is 11.2 Å².